The maximum Gasteiger partial charge on any atom is 0.259 e. The predicted molar refractivity (Wildman–Crippen MR) is 118 cm³/mol. The van der Waals surface area contributed by atoms with Crippen LogP contribution in [-0.2, 0) is 7.05 Å². The van der Waals surface area contributed by atoms with Crippen molar-refractivity contribution >= 4 is 22.6 Å². The average molecular weight is 409 g/mol. The number of carbonyl (C=O) groups excluding carboxylic acids is 1. The van der Waals surface area contributed by atoms with Crippen LogP contribution >= 0.6 is 0 Å². The van der Waals surface area contributed by atoms with Crippen molar-refractivity contribution in [3.63, 3.8) is 0 Å². The zero-order chi connectivity index (χ0) is 21.4. The second-order valence-electron chi connectivity index (χ2n) is 7.17. The molecule has 152 valence electrons. The molecule has 0 atom stereocenters. The number of pyridine rings is 2. The third-order valence-electron chi connectivity index (χ3n) is 5.04. The smallest absolute Gasteiger partial charge is 0.259 e. The number of carbonyl (C=O) groups is 1. The lowest BCUT2D eigenvalue weighted by Crippen LogP contribution is -2.12. The molecule has 1 amide bonds. The summed E-state index contributed by atoms with van der Waals surface area (Å²) in [5.74, 6) is -0.274. The average Bonchev–Trinajstić information content (AvgIpc) is 3.37. The number of fused-ring (bicyclic) bond motifs is 1. The number of nitrogens with one attached hydrogen (secondary N) is 1. The molecule has 0 saturated carbocycles. The van der Waals surface area contributed by atoms with Gasteiger partial charge in [-0.1, -0.05) is 18.2 Å². The van der Waals surface area contributed by atoms with Gasteiger partial charge in [0.2, 0.25) is 0 Å². The number of anilines is 1. The first-order valence-corrected chi connectivity index (χ1v) is 9.76. The molecule has 0 spiro atoms. The Kier molecular flexibility index (Phi) is 4.51. The van der Waals surface area contributed by atoms with E-state index in [-0.39, 0.29) is 5.91 Å². The number of aromatic nitrogens is 6. The van der Waals surface area contributed by atoms with Crippen LogP contribution in [0.25, 0.3) is 28.0 Å². The minimum Gasteiger partial charge on any atom is -0.320 e. The first kappa shape index (κ1) is 18.7. The molecule has 0 unspecified atom stereocenters. The molecule has 0 aliphatic rings. The number of hydrogen-bond acceptors (Lipinski definition) is 5. The van der Waals surface area contributed by atoms with Gasteiger partial charge in [-0.15, -0.1) is 0 Å². The van der Waals surface area contributed by atoms with Crippen molar-refractivity contribution in [2.45, 2.75) is 6.92 Å². The van der Waals surface area contributed by atoms with Crippen molar-refractivity contribution < 1.29 is 4.79 Å². The molecule has 8 nitrogen and oxygen atoms in total. The van der Waals surface area contributed by atoms with Crippen LogP contribution in [0, 0.1) is 6.92 Å². The van der Waals surface area contributed by atoms with Gasteiger partial charge < -0.3 is 5.32 Å². The lowest BCUT2D eigenvalue weighted by molar-refractivity contribution is 0.102. The highest BCUT2D eigenvalue weighted by atomic mass is 16.1. The van der Waals surface area contributed by atoms with Gasteiger partial charge in [-0.25, -0.2) is 9.67 Å². The number of benzene rings is 1. The molecule has 0 bridgehead atoms. The Hall–Kier alpha value is -4.33. The van der Waals surface area contributed by atoms with E-state index in [0.29, 0.717) is 16.9 Å². The first-order valence-electron chi connectivity index (χ1n) is 9.76. The molecule has 4 aromatic heterocycles. The van der Waals surface area contributed by atoms with E-state index in [9.17, 15) is 4.79 Å². The maximum atomic E-state index is 13.2. The van der Waals surface area contributed by atoms with Crippen molar-refractivity contribution in [2.24, 2.45) is 7.05 Å². The quantitative estimate of drug-likeness (QED) is 0.488. The third kappa shape index (κ3) is 3.44. The number of amides is 1. The molecule has 0 radical (unpaired) electrons. The molecule has 31 heavy (non-hydrogen) atoms. The predicted octanol–water partition coefficient (Wildman–Crippen LogP) is 3.78. The van der Waals surface area contributed by atoms with Crippen molar-refractivity contribution in [3.05, 3.63) is 84.6 Å². The summed E-state index contributed by atoms with van der Waals surface area (Å²) in [6.45, 7) is 1.92. The van der Waals surface area contributed by atoms with Gasteiger partial charge in [-0.05, 0) is 37.3 Å². The summed E-state index contributed by atoms with van der Waals surface area (Å²) < 4.78 is 3.42. The fourth-order valence-electron chi connectivity index (χ4n) is 3.54. The number of nitrogens with zero attached hydrogens (tertiary/aromatic N) is 6. The van der Waals surface area contributed by atoms with E-state index < -0.39 is 0 Å². The van der Waals surface area contributed by atoms with E-state index in [1.54, 1.807) is 34.2 Å². The van der Waals surface area contributed by atoms with Crippen LogP contribution in [-0.4, -0.2) is 35.4 Å². The normalized spacial score (nSPS) is 11.0. The molecule has 0 fully saturated rings. The Bertz CT molecular complexity index is 1390. The van der Waals surface area contributed by atoms with Gasteiger partial charge in [0.25, 0.3) is 5.91 Å². The van der Waals surface area contributed by atoms with Crippen LogP contribution in [0.2, 0.25) is 0 Å². The highest BCUT2D eigenvalue weighted by molar-refractivity contribution is 6.08. The SMILES string of the molecule is Cc1nn(C)c2ncc(NC(=O)c3cn(-c4ccccc4)nc3-c3cccnc3)cc12. The van der Waals surface area contributed by atoms with E-state index in [2.05, 4.69) is 25.5 Å². The van der Waals surface area contributed by atoms with Crippen LogP contribution in [0.5, 0.6) is 0 Å². The monoisotopic (exact) mass is 409 g/mol. The van der Waals surface area contributed by atoms with Crippen molar-refractivity contribution in [3.8, 4) is 16.9 Å². The third-order valence-corrected chi connectivity index (χ3v) is 5.04. The van der Waals surface area contributed by atoms with Gasteiger partial charge in [0.1, 0.15) is 5.69 Å². The van der Waals surface area contributed by atoms with Gasteiger partial charge >= 0.3 is 0 Å². The van der Waals surface area contributed by atoms with Gasteiger partial charge in [0, 0.05) is 36.6 Å². The summed E-state index contributed by atoms with van der Waals surface area (Å²) in [6.07, 6.45) is 6.75. The Morgan fingerprint density at radius 2 is 1.87 bits per heavy atom. The Morgan fingerprint density at radius 1 is 1.03 bits per heavy atom. The van der Waals surface area contributed by atoms with E-state index in [4.69, 9.17) is 0 Å². The molecular weight excluding hydrogens is 390 g/mol. The number of hydrogen-bond donors (Lipinski definition) is 1. The lowest BCUT2D eigenvalue weighted by Gasteiger charge is -2.05. The summed E-state index contributed by atoms with van der Waals surface area (Å²) in [6, 6.07) is 15.3. The summed E-state index contributed by atoms with van der Waals surface area (Å²) in [5, 5.41) is 12.9. The molecular formula is C23H19N7O. The number of para-hydroxylation sites is 1. The molecule has 1 aromatic carbocycles. The van der Waals surface area contributed by atoms with E-state index in [1.807, 2.05) is 62.5 Å². The van der Waals surface area contributed by atoms with Crippen molar-refractivity contribution in [2.75, 3.05) is 5.32 Å². The second-order valence-corrected chi connectivity index (χ2v) is 7.17. The molecule has 0 aliphatic heterocycles. The summed E-state index contributed by atoms with van der Waals surface area (Å²) in [4.78, 5) is 21.9. The molecule has 8 heteroatoms. The minimum atomic E-state index is -0.274. The number of rotatable bonds is 4. The van der Waals surface area contributed by atoms with Crippen LogP contribution in [0.3, 0.4) is 0 Å². The topological polar surface area (TPSA) is 90.5 Å². The van der Waals surface area contributed by atoms with Gasteiger partial charge in [0.05, 0.1) is 28.8 Å². The van der Waals surface area contributed by atoms with Crippen LogP contribution in [0.1, 0.15) is 16.1 Å². The first-order chi connectivity index (χ1) is 15.1. The van der Waals surface area contributed by atoms with Gasteiger partial charge in [0.15, 0.2) is 5.65 Å². The molecule has 5 rings (SSSR count). The molecule has 5 aromatic rings. The van der Waals surface area contributed by atoms with Crippen molar-refractivity contribution in [1.82, 2.24) is 29.5 Å². The number of aryl methyl sites for hydroxylation is 2. The minimum absolute atomic E-state index is 0.274. The van der Waals surface area contributed by atoms with E-state index in [1.165, 1.54) is 0 Å². The summed E-state index contributed by atoms with van der Waals surface area (Å²) in [5.41, 5.74) is 4.84. The highest BCUT2D eigenvalue weighted by Crippen LogP contribution is 2.25. The Balaban J connectivity index is 1.55. The van der Waals surface area contributed by atoms with E-state index in [0.717, 1.165) is 28.0 Å². The fourth-order valence-corrected chi connectivity index (χ4v) is 3.54. The molecule has 0 saturated heterocycles. The lowest BCUT2D eigenvalue weighted by atomic mass is 10.1. The van der Waals surface area contributed by atoms with Crippen LogP contribution in [0.4, 0.5) is 5.69 Å². The fraction of sp³-hybridized carbons (Fsp3) is 0.0870. The van der Waals surface area contributed by atoms with Crippen molar-refractivity contribution in [1.29, 1.82) is 0 Å². The standard InChI is InChI=1S/C23H19N7O/c1-15-19-11-17(13-25-22(19)29(2)27-15)26-23(31)20-14-30(18-8-4-3-5-9-18)28-21(20)16-7-6-10-24-12-16/h3-14H,1-2H3,(H,26,31). The maximum absolute atomic E-state index is 13.2. The Labute approximate surface area is 178 Å². The summed E-state index contributed by atoms with van der Waals surface area (Å²) >= 11 is 0. The zero-order valence-electron chi connectivity index (χ0n) is 17.0. The second kappa shape index (κ2) is 7.49. The summed E-state index contributed by atoms with van der Waals surface area (Å²) in [7, 11) is 1.85. The Morgan fingerprint density at radius 3 is 2.65 bits per heavy atom. The zero-order valence-corrected chi connectivity index (χ0v) is 17.0. The van der Waals surface area contributed by atoms with E-state index >= 15 is 0 Å². The van der Waals surface area contributed by atoms with Crippen LogP contribution < -0.4 is 5.32 Å². The van der Waals surface area contributed by atoms with Crippen LogP contribution in [0.15, 0.2) is 73.3 Å². The van der Waals surface area contributed by atoms with Gasteiger partial charge in [-0.3, -0.25) is 14.5 Å². The van der Waals surface area contributed by atoms with Gasteiger partial charge in [-0.2, -0.15) is 10.2 Å². The molecule has 1 N–H and O–H groups in total. The highest BCUT2D eigenvalue weighted by Gasteiger charge is 2.19. The molecule has 0 aliphatic carbocycles. The largest absolute Gasteiger partial charge is 0.320 e. The molecule has 4 heterocycles.